The number of carbonyl (C=O) groups excluding carboxylic acids is 1. The first-order chi connectivity index (χ1) is 8.40. The van der Waals surface area contributed by atoms with Crippen molar-refractivity contribution < 1.29 is 15.0 Å². The van der Waals surface area contributed by atoms with Crippen LogP contribution in [0.4, 0.5) is 10.5 Å². The van der Waals surface area contributed by atoms with Crippen molar-refractivity contribution in [2.45, 2.75) is 19.4 Å². The molecule has 0 bridgehead atoms. The molecule has 0 unspecified atom stereocenters. The number of hydrogen-bond donors (Lipinski definition) is 4. The molecule has 0 radical (unpaired) electrons. The topological polar surface area (TPSA) is 81.6 Å². The Kier molecular flexibility index (Phi) is 5.13. The van der Waals surface area contributed by atoms with E-state index in [1.807, 2.05) is 13.0 Å². The second-order valence-corrected chi connectivity index (χ2v) is 5.27. The van der Waals surface area contributed by atoms with Crippen LogP contribution in [-0.2, 0) is 0 Å². The lowest BCUT2D eigenvalue weighted by molar-refractivity contribution is 0.111. The zero-order valence-electron chi connectivity index (χ0n) is 10.3. The molecule has 100 valence electrons. The summed E-state index contributed by atoms with van der Waals surface area (Å²) in [6, 6.07) is 4.95. The third-order valence-electron chi connectivity index (χ3n) is 2.54. The van der Waals surface area contributed by atoms with Crippen LogP contribution in [0, 0.1) is 6.92 Å². The zero-order chi connectivity index (χ0) is 13.8. The lowest BCUT2D eigenvalue weighted by atomic mass is 10.1. The minimum atomic E-state index is -1.04. The Balaban J connectivity index is 2.67. The molecule has 0 fully saturated rings. The van der Waals surface area contributed by atoms with Gasteiger partial charge in [-0.1, -0.05) is 22.0 Å². The molecule has 5 nitrogen and oxygen atoms in total. The predicted octanol–water partition coefficient (Wildman–Crippen LogP) is 1.62. The molecule has 1 aromatic rings. The van der Waals surface area contributed by atoms with Crippen LogP contribution >= 0.6 is 15.9 Å². The van der Waals surface area contributed by atoms with Crippen LogP contribution in [-0.4, -0.2) is 35.0 Å². The number of urea groups is 1. The number of nitrogens with one attached hydrogen (secondary N) is 2. The fourth-order valence-electron chi connectivity index (χ4n) is 1.24. The largest absolute Gasteiger partial charge is 0.394 e. The number of aryl methyl sites for hydroxylation is 1. The maximum atomic E-state index is 11.7. The van der Waals surface area contributed by atoms with E-state index in [1.54, 1.807) is 19.1 Å². The number of benzene rings is 1. The van der Waals surface area contributed by atoms with Crippen molar-refractivity contribution in [2.24, 2.45) is 0 Å². The molecule has 0 aliphatic heterocycles. The summed E-state index contributed by atoms with van der Waals surface area (Å²) in [5, 5.41) is 23.3. The Morgan fingerprint density at radius 2 is 2.00 bits per heavy atom. The summed E-state index contributed by atoms with van der Waals surface area (Å²) < 4.78 is 0.896. The highest BCUT2D eigenvalue weighted by Gasteiger charge is 2.24. The fraction of sp³-hybridized carbons (Fsp3) is 0.417. The monoisotopic (exact) mass is 316 g/mol. The molecular weight excluding hydrogens is 300 g/mol. The molecule has 0 atom stereocenters. The smallest absolute Gasteiger partial charge is 0.319 e. The molecule has 0 saturated carbocycles. The molecule has 0 heterocycles. The third kappa shape index (κ3) is 3.97. The SMILES string of the molecule is Cc1ccc(NC(=O)NC(C)(CO)CO)cc1Br. The quantitative estimate of drug-likeness (QED) is 0.681. The van der Waals surface area contributed by atoms with Crippen molar-refractivity contribution in [3.63, 3.8) is 0 Å². The molecule has 0 aromatic heterocycles. The summed E-state index contributed by atoms with van der Waals surface area (Å²) in [7, 11) is 0. The Morgan fingerprint density at radius 3 is 2.50 bits per heavy atom. The van der Waals surface area contributed by atoms with Gasteiger partial charge < -0.3 is 20.8 Å². The number of rotatable bonds is 4. The van der Waals surface area contributed by atoms with Gasteiger partial charge in [0.2, 0.25) is 0 Å². The minimum Gasteiger partial charge on any atom is -0.394 e. The van der Waals surface area contributed by atoms with Gasteiger partial charge in [0.05, 0.1) is 18.8 Å². The standard InChI is InChI=1S/C12H17BrN2O3/c1-8-3-4-9(5-10(8)13)14-11(18)15-12(2,6-16)7-17/h3-5,16-17H,6-7H2,1-2H3,(H2,14,15,18). The first kappa shape index (κ1) is 14.9. The number of amides is 2. The molecular formula is C12H17BrN2O3. The molecule has 0 aliphatic rings. The van der Waals surface area contributed by atoms with Gasteiger partial charge in [-0.3, -0.25) is 0 Å². The Hall–Kier alpha value is -1.11. The molecule has 6 heteroatoms. The normalized spacial score (nSPS) is 11.2. The maximum absolute atomic E-state index is 11.7. The van der Waals surface area contributed by atoms with E-state index >= 15 is 0 Å². The number of carbonyl (C=O) groups is 1. The van der Waals surface area contributed by atoms with Crippen molar-refractivity contribution in [3.05, 3.63) is 28.2 Å². The number of anilines is 1. The van der Waals surface area contributed by atoms with Gasteiger partial charge in [-0.05, 0) is 31.5 Å². The van der Waals surface area contributed by atoms with Crippen LogP contribution < -0.4 is 10.6 Å². The average molecular weight is 317 g/mol. The first-order valence-electron chi connectivity index (χ1n) is 5.47. The summed E-state index contributed by atoms with van der Waals surface area (Å²) in [4.78, 5) is 11.7. The highest BCUT2D eigenvalue weighted by Crippen LogP contribution is 2.20. The van der Waals surface area contributed by atoms with E-state index in [4.69, 9.17) is 10.2 Å². The molecule has 0 spiro atoms. The Labute approximate surface area is 114 Å². The van der Waals surface area contributed by atoms with E-state index in [2.05, 4.69) is 26.6 Å². The summed E-state index contributed by atoms with van der Waals surface area (Å²) in [6.07, 6.45) is 0. The van der Waals surface area contributed by atoms with Crippen molar-refractivity contribution in [3.8, 4) is 0 Å². The first-order valence-corrected chi connectivity index (χ1v) is 6.26. The van der Waals surface area contributed by atoms with Crippen LogP contribution in [0.25, 0.3) is 0 Å². The van der Waals surface area contributed by atoms with E-state index in [0.717, 1.165) is 10.0 Å². The summed E-state index contributed by atoms with van der Waals surface area (Å²) in [6.45, 7) is 2.82. The van der Waals surface area contributed by atoms with Crippen LogP contribution in [0.2, 0.25) is 0 Å². The van der Waals surface area contributed by atoms with Crippen molar-refractivity contribution in [2.75, 3.05) is 18.5 Å². The number of halogens is 1. The molecule has 2 amide bonds. The Morgan fingerprint density at radius 1 is 1.39 bits per heavy atom. The second-order valence-electron chi connectivity index (χ2n) is 4.42. The number of hydrogen-bond acceptors (Lipinski definition) is 3. The lowest BCUT2D eigenvalue weighted by Crippen LogP contribution is -2.53. The molecule has 4 N–H and O–H groups in total. The van der Waals surface area contributed by atoms with Crippen molar-refractivity contribution >= 4 is 27.6 Å². The van der Waals surface area contributed by atoms with Gasteiger partial charge >= 0.3 is 6.03 Å². The summed E-state index contributed by atoms with van der Waals surface area (Å²) in [5.74, 6) is 0. The van der Waals surface area contributed by atoms with Gasteiger partial charge in [-0.25, -0.2) is 4.79 Å². The number of aliphatic hydroxyl groups is 2. The maximum Gasteiger partial charge on any atom is 0.319 e. The van der Waals surface area contributed by atoms with Gasteiger partial charge in [0.15, 0.2) is 0 Å². The van der Waals surface area contributed by atoms with Crippen molar-refractivity contribution in [1.82, 2.24) is 5.32 Å². The number of aliphatic hydroxyl groups excluding tert-OH is 2. The molecule has 18 heavy (non-hydrogen) atoms. The van der Waals surface area contributed by atoms with E-state index in [9.17, 15) is 4.79 Å². The molecule has 1 rings (SSSR count). The van der Waals surface area contributed by atoms with Crippen LogP contribution in [0.1, 0.15) is 12.5 Å². The van der Waals surface area contributed by atoms with Gasteiger partial charge in [-0.2, -0.15) is 0 Å². The fourth-order valence-corrected chi connectivity index (χ4v) is 1.61. The third-order valence-corrected chi connectivity index (χ3v) is 3.40. The zero-order valence-corrected chi connectivity index (χ0v) is 11.9. The van der Waals surface area contributed by atoms with Gasteiger partial charge in [0.25, 0.3) is 0 Å². The van der Waals surface area contributed by atoms with Gasteiger partial charge in [-0.15, -0.1) is 0 Å². The highest BCUT2D eigenvalue weighted by molar-refractivity contribution is 9.10. The molecule has 0 aliphatic carbocycles. The van der Waals surface area contributed by atoms with Gasteiger partial charge in [0, 0.05) is 10.2 Å². The molecule has 1 aromatic carbocycles. The van der Waals surface area contributed by atoms with E-state index in [1.165, 1.54) is 0 Å². The van der Waals surface area contributed by atoms with E-state index in [0.29, 0.717) is 5.69 Å². The second kappa shape index (κ2) is 6.17. The summed E-state index contributed by atoms with van der Waals surface area (Å²) in [5.41, 5.74) is 0.658. The lowest BCUT2D eigenvalue weighted by Gasteiger charge is -2.26. The Bertz CT molecular complexity index is 433. The van der Waals surface area contributed by atoms with Crippen LogP contribution in [0.15, 0.2) is 22.7 Å². The average Bonchev–Trinajstić information content (AvgIpc) is 2.33. The van der Waals surface area contributed by atoms with Crippen LogP contribution in [0.3, 0.4) is 0 Å². The van der Waals surface area contributed by atoms with E-state index < -0.39 is 11.6 Å². The summed E-state index contributed by atoms with van der Waals surface area (Å²) >= 11 is 3.37. The van der Waals surface area contributed by atoms with Crippen molar-refractivity contribution in [1.29, 1.82) is 0 Å². The highest BCUT2D eigenvalue weighted by atomic mass is 79.9. The van der Waals surface area contributed by atoms with Gasteiger partial charge in [0.1, 0.15) is 0 Å². The van der Waals surface area contributed by atoms with Crippen LogP contribution in [0.5, 0.6) is 0 Å². The van der Waals surface area contributed by atoms with E-state index in [-0.39, 0.29) is 13.2 Å². The minimum absolute atomic E-state index is 0.339. The predicted molar refractivity (Wildman–Crippen MR) is 73.6 cm³/mol. The molecule has 0 saturated heterocycles.